The van der Waals surface area contributed by atoms with Gasteiger partial charge in [0.25, 0.3) is 0 Å². The minimum Gasteiger partial charge on any atom is -0.377 e. The van der Waals surface area contributed by atoms with Crippen LogP contribution in [0.1, 0.15) is 19.3 Å². The van der Waals surface area contributed by atoms with E-state index in [0.29, 0.717) is 6.10 Å². The van der Waals surface area contributed by atoms with Gasteiger partial charge in [0.05, 0.1) is 12.7 Å². The van der Waals surface area contributed by atoms with Crippen molar-refractivity contribution in [3.63, 3.8) is 0 Å². The quantitative estimate of drug-likeness (QED) is 0.417. The Balaban J connectivity index is 2.19. The molecule has 0 N–H and O–H groups in total. The summed E-state index contributed by atoms with van der Waals surface area (Å²) in [7, 11) is 0. The van der Waals surface area contributed by atoms with Gasteiger partial charge >= 0.3 is 0 Å². The average molecular weight is 252 g/mol. The van der Waals surface area contributed by atoms with Crippen LogP contribution in [0.2, 0.25) is 0 Å². The van der Waals surface area contributed by atoms with Gasteiger partial charge in [0.15, 0.2) is 0 Å². The molecule has 58 valence electrons. The highest BCUT2D eigenvalue weighted by molar-refractivity contribution is 14.1. The SMILES string of the molecule is C=CC[C@@H]1CC[C@@H](I)CO1. The Morgan fingerprint density at radius 2 is 2.40 bits per heavy atom. The number of hydrogen-bond acceptors (Lipinski definition) is 1. The van der Waals surface area contributed by atoms with E-state index in [1.165, 1.54) is 12.8 Å². The third-order valence-electron chi connectivity index (χ3n) is 1.74. The molecule has 1 saturated heterocycles. The van der Waals surface area contributed by atoms with E-state index in [-0.39, 0.29) is 0 Å². The van der Waals surface area contributed by atoms with Gasteiger partial charge in [0.1, 0.15) is 0 Å². The molecule has 1 aliphatic heterocycles. The Labute approximate surface area is 76.0 Å². The van der Waals surface area contributed by atoms with Crippen LogP contribution in [-0.4, -0.2) is 16.6 Å². The third-order valence-corrected chi connectivity index (χ3v) is 2.73. The summed E-state index contributed by atoms with van der Waals surface area (Å²) in [6.07, 6.45) is 5.93. The molecule has 2 heteroatoms. The zero-order chi connectivity index (χ0) is 7.40. The summed E-state index contributed by atoms with van der Waals surface area (Å²) in [4.78, 5) is 0. The van der Waals surface area contributed by atoms with Gasteiger partial charge in [-0.1, -0.05) is 28.7 Å². The van der Waals surface area contributed by atoms with Crippen LogP contribution in [0.3, 0.4) is 0 Å². The van der Waals surface area contributed by atoms with Crippen LogP contribution in [0.5, 0.6) is 0 Å². The van der Waals surface area contributed by atoms with Crippen LogP contribution in [-0.2, 0) is 4.74 Å². The smallest absolute Gasteiger partial charge is 0.0610 e. The standard InChI is InChI=1S/C8H13IO/c1-2-3-8-5-4-7(9)6-10-8/h2,7-8H,1,3-6H2/t7-,8-/m1/s1. The van der Waals surface area contributed by atoms with Crippen LogP contribution >= 0.6 is 22.6 Å². The number of ether oxygens (including phenoxy) is 1. The highest BCUT2D eigenvalue weighted by Gasteiger charge is 2.17. The van der Waals surface area contributed by atoms with Crippen molar-refractivity contribution in [1.29, 1.82) is 0 Å². The number of rotatable bonds is 2. The zero-order valence-electron chi connectivity index (χ0n) is 6.05. The fraction of sp³-hybridized carbons (Fsp3) is 0.750. The Morgan fingerprint density at radius 1 is 1.60 bits per heavy atom. The summed E-state index contributed by atoms with van der Waals surface area (Å²) in [5.74, 6) is 0. The molecule has 0 unspecified atom stereocenters. The highest BCUT2D eigenvalue weighted by Crippen LogP contribution is 2.21. The van der Waals surface area contributed by atoms with E-state index >= 15 is 0 Å². The lowest BCUT2D eigenvalue weighted by atomic mass is 10.1. The second-order valence-corrected chi connectivity index (χ2v) is 4.42. The molecule has 0 saturated carbocycles. The number of halogens is 1. The van der Waals surface area contributed by atoms with Crippen LogP contribution < -0.4 is 0 Å². The van der Waals surface area contributed by atoms with E-state index in [4.69, 9.17) is 4.74 Å². The first-order chi connectivity index (χ1) is 4.83. The molecule has 1 heterocycles. The third kappa shape index (κ3) is 2.58. The van der Waals surface area contributed by atoms with Crippen LogP contribution in [0.25, 0.3) is 0 Å². The molecule has 0 aromatic heterocycles. The van der Waals surface area contributed by atoms with Crippen molar-refractivity contribution < 1.29 is 4.74 Å². The van der Waals surface area contributed by atoms with Gasteiger partial charge in [-0.15, -0.1) is 6.58 Å². The first kappa shape index (κ1) is 8.53. The summed E-state index contributed by atoms with van der Waals surface area (Å²) < 4.78 is 6.29. The van der Waals surface area contributed by atoms with Crippen LogP contribution in [0.15, 0.2) is 12.7 Å². The van der Waals surface area contributed by atoms with Gasteiger partial charge in [0.2, 0.25) is 0 Å². The van der Waals surface area contributed by atoms with E-state index < -0.39 is 0 Å². The highest BCUT2D eigenvalue weighted by atomic mass is 127. The van der Waals surface area contributed by atoms with Crippen LogP contribution in [0, 0.1) is 0 Å². The Kier molecular flexibility index (Phi) is 3.70. The van der Waals surface area contributed by atoms with E-state index in [2.05, 4.69) is 29.2 Å². The van der Waals surface area contributed by atoms with Crippen molar-refractivity contribution >= 4 is 22.6 Å². The molecule has 0 aliphatic carbocycles. The second kappa shape index (κ2) is 4.34. The summed E-state index contributed by atoms with van der Waals surface area (Å²) in [6, 6.07) is 0. The number of alkyl halides is 1. The summed E-state index contributed by atoms with van der Waals surface area (Å²) in [6.45, 7) is 4.62. The molecule has 1 nitrogen and oxygen atoms in total. The Morgan fingerprint density at radius 3 is 2.90 bits per heavy atom. The van der Waals surface area contributed by atoms with Gasteiger partial charge in [-0.2, -0.15) is 0 Å². The summed E-state index contributed by atoms with van der Waals surface area (Å²) in [5.41, 5.74) is 0. The van der Waals surface area contributed by atoms with Gasteiger partial charge in [-0.25, -0.2) is 0 Å². The molecule has 0 spiro atoms. The minimum absolute atomic E-state index is 0.462. The van der Waals surface area contributed by atoms with Crippen LogP contribution in [0.4, 0.5) is 0 Å². The second-order valence-electron chi connectivity index (χ2n) is 2.65. The maximum absolute atomic E-state index is 5.55. The van der Waals surface area contributed by atoms with E-state index in [9.17, 15) is 0 Å². The molecular formula is C8H13IO. The van der Waals surface area contributed by atoms with Crippen molar-refractivity contribution in [1.82, 2.24) is 0 Å². The number of hydrogen-bond donors (Lipinski definition) is 0. The molecule has 0 aromatic carbocycles. The largest absolute Gasteiger partial charge is 0.377 e. The maximum atomic E-state index is 5.55. The molecular weight excluding hydrogens is 239 g/mol. The molecule has 0 amide bonds. The lowest BCUT2D eigenvalue weighted by Gasteiger charge is -2.24. The van der Waals surface area contributed by atoms with Gasteiger partial charge < -0.3 is 4.74 Å². The first-order valence-corrected chi connectivity index (χ1v) is 4.94. The molecule has 10 heavy (non-hydrogen) atoms. The molecule has 1 fully saturated rings. The summed E-state index contributed by atoms with van der Waals surface area (Å²) in [5, 5.41) is 0. The Bertz CT molecular complexity index is 106. The Hall–Kier alpha value is 0.430. The fourth-order valence-corrected chi connectivity index (χ4v) is 1.71. The van der Waals surface area contributed by atoms with Crippen molar-refractivity contribution in [2.75, 3.05) is 6.61 Å². The molecule has 1 aliphatic rings. The molecule has 0 radical (unpaired) electrons. The van der Waals surface area contributed by atoms with Crippen molar-refractivity contribution in [3.05, 3.63) is 12.7 Å². The average Bonchev–Trinajstić information content (AvgIpc) is 1.95. The predicted octanol–water partition coefficient (Wildman–Crippen LogP) is 2.55. The lowest BCUT2D eigenvalue weighted by molar-refractivity contribution is 0.0249. The predicted molar refractivity (Wildman–Crippen MR) is 51.6 cm³/mol. The zero-order valence-corrected chi connectivity index (χ0v) is 8.21. The molecule has 2 atom stereocenters. The molecule has 0 bridgehead atoms. The fourth-order valence-electron chi connectivity index (χ4n) is 1.15. The van der Waals surface area contributed by atoms with Gasteiger partial charge in [-0.3, -0.25) is 0 Å². The molecule has 1 rings (SSSR count). The lowest BCUT2D eigenvalue weighted by Crippen LogP contribution is -2.25. The van der Waals surface area contributed by atoms with Gasteiger partial charge in [0, 0.05) is 3.92 Å². The molecule has 0 aromatic rings. The van der Waals surface area contributed by atoms with E-state index in [1.54, 1.807) is 0 Å². The normalized spacial score (nSPS) is 33.7. The van der Waals surface area contributed by atoms with E-state index in [1.807, 2.05) is 6.08 Å². The van der Waals surface area contributed by atoms with Crippen molar-refractivity contribution in [2.45, 2.75) is 29.3 Å². The minimum atomic E-state index is 0.462. The topological polar surface area (TPSA) is 9.23 Å². The van der Waals surface area contributed by atoms with E-state index in [0.717, 1.165) is 17.0 Å². The van der Waals surface area contributed by atoms with Crippen molar-refractivity contribution in [3.8, 4) is 0 Å². The van der Waals surface area contributed by atoms with Gasteiger partial charge in [-0.05, 0) is 19.3 Å². The first-order valence-electron chi connectivity index (χ1n) is 3.69. The summed E-state index contributed by atoms with van der Waals surface area (Å²) >= 11 is 2.44. The monoisotopic (exact) mass is 252 g/mol. The maximum Gasteiger partial charge on any atom is 0.0610 e. The van der Waals surface area contributed by atoms with Crippen molar-refractivity contribution in [2.24, 2.45) is 0 Å².